The zero-order valence-corrected chi connectivity index (χ0v) is 16.8. The summed E-state index contributed by atoms with van der Waals surface area (Å²) < 4.78 is 2.72. The van der Waals surface area contributed by atoms with E-state index in [9.17, 15) is 0 Å². The minimum atomic E-state index is -0.107. The molecule has 2 N–H and O–H groups in total. The van der Waals surface area contributed by atoms with Gasteiger partial charge in [0.1, 0.15) is 15.9 Å². The molecule has 0 fully saturated rings. The number of aryl methyl sites for hydroxylation is 1. The summed E-state index contributed by atoms with van der Waals surface area (Å²) in [7, 11) is 0. The summed E-state index contributed by atoms with van der Waals surface area (Å²) in [5.74, 6) is 1.09. The zero-order chi connectivity index (χ0) is 20.0. The molecule has 4 aromatic rings. The molecule has 1 aromatic carbocycles. The number of fused-ring (bicyclic) bond motifs is 2. The molecule has 1 aliphatic rings. The molecule has 29 heavy (non-hydrogen) atoms. The molecular formula is C20H15BrN8. The van der Waals surface area contributed by atoms with Gasteiger partial charge in [-0.3, -0.25) is 4.57 Å². The zero-order valence-electron chi connectivity index (χ0n) is 15.2. The molecule has 1 atom stereocenters. The highest BCUT2D eigenvalue weighted by atomic mass is 79.9. The Bertz CT molecular complexity index is 1310. The highest BCUT2D eigenvalue weighted by Crippen LogP contribution is 2.37. The fourth-order valence-corrected chi connectivity index (χ4v) is 4.17. The predicted molar refractivity (Wildman–Crippen MR) is 114 cm³/mol. The van der Waals surface area contributed by atoms with Crippen molar-refractivity contribution in [3.63, 3.8) is 0 Å². The largest absolute Gasteiger partial charge is 0.383 e. The summed E-state index contributed by atoms with van der Waals surface area (Å²) in [5.41, 5.74) is 20.4. The Morgan fingerprint density at radius 1 is 1.21 bits per heavy atom. The van der Waals surface area contributed by atoms with Crippen molar-refractivity contribution in [3.05, 3.63) is 74.8 Å². The molecule has 3 aromatic heterocycles. The molecule has 0 saturated heterocycles. The van der Waals surface area contributed by atoms with E-state index >= 15 is 0 Å². The minimum Gasteiger partial charge on any atom is -0.383 e. The molecule has 3 heterocycles. The molecule has 0 spiro atoms. The lowest BCUT2D eigenvalue weighted by Crippen LogP contribution is -2.03. The number of nitrogens with two attached hydrogens (primary N) is 1. The number of aromatic nitrogens is 4. The van der Waals surface area contributed by atoms with E-state index in [1.165, 1.54) is 5.56 Å². The van der Waals surface area contributed by atoms with Gasteiger partial charge < -0.3 is 5.73 Å². The summed E-state index contributed by atoms with van der Waals surface area (Å²) >= 11 is 3.46. The maximum Gasteiger partial charge on any atom is 0.166 e. The third kappa shape index (κ3) is 2.91. The van der Waals surface area contributed by atoms with Gasteiger partial charge in [-0.1, -0.05) is 11.2 Å². The summed E-state index contributed by atoms with van der Waals surface area (Å²) in [5, 5.41) is 3.91. The maximum absolute atomic E-state index is 8.81. The lowest BCUT2D eigenvalue weighted by molar-refractivity contribution is 0.707. The van der Waals surface area contributed by atoms with Gasteiger partial charge in [-0.05, 0) is 81.8 Å². The Hall–Kier alpha value is -3.42. The SMILES string of the molecule is [N-]=[N+]=N[C@H]1CCc2cc(-n3c(-c4cccnc4N)nc4ccc(Br)nc43)ccc21. The number of imidazole rings is 1. The van der Waals surface area contributed by atoms with Crippen LogP contribution in [0.4, 0.5) is 5.82 Å². The number of hydrogen-bond donors (Lipinski definition) is 1. The third-order valence-electron chi connectivity index (χ3n) is 5.17. The van der Waals surface area contributed by atoms with Crippen LogP contribution in [-0.2, 0) is 6.42 Å². The normalized spacial score (nSPS) is 15.3. The first kappa shape index (κ1) is 17.7. The highest BCUT2D eigenvalue weighted by Gasteiger charge is 2.24. The van der Waals surface area contributed by atoms with Crippen molar-refractivity contribution in [2.75, 3.05) is 5.73 Å². The Labute approximate surface area is 174 Å². The molecule has 0 radical (unpaired) electrons. The van der Waals surface area contributed by atoms with Crippen molar-refractivity contribution < 1.29 is 0 Å². The molecular weight excluding hydrogens is 432 g/mol. The van der Waals surface area contributed by atoms with Crippen LogP contribution in [0, 0.1) is 0 Å². The van der Waals surface area contributed by atoms with E-state index < -0.39 is 0 Å². The maximum atomic E-state index is 8.81. The number of rotatable bonds is 3. The molecule has 9 heteroatoms. The molecule has 0 saturated carbocycles. The van der Waals surface area contributed by atoms with Crippen molar-refractivity contribution in [3.8, 4) is 17.1 Å². The van der Waals surface area contributed by atoms with Gasteiger partial charge in [0.2, 0.25) is 0 Å². The lowest BCUT2D eigenvalue weighted by atomic mass is 10.1. The molecule has 0 aliphatic heterocycles. The predicted octanol–water partition coefficient (Wildman–Crippen LogP) is 5.12. The molecule has 0 amide bonds. The van der Waals surface area contributed by atoms with Crippen LogP contribution in [0.1, 0.15) is 23.6 Å². The van der Waals surface area contributed by atoms with E-state index in [4.69, 9.17) is 16.2 Å². The number of azide groups is 1. The van der Waals surface area contributed by atoms with E-state index in [2.05, 4.69) is 42.0 Å². The van der Waals surface area contributed by atoms with Gasteiger partial charge >= 0.3 is 0 Å². The summed E-state index contributed by atoms with van der Waals surface area (Å²) in [4.78, 5) is 16.6. The van der Waals surface area contributed by atoms with Gasteiger partial charge in [-0.25, -0.2) is 15.0 Å². The smallest absolute Gasteiger partial charge is 0.166 e. The van der Waals surface area contributed by atoms with E-state index in [1.807, 2.05) is 41.0 Å². The van der Waals surface area contributed by atoms with Gasteiger partial charge in [-0.15, -0.1) is 0 Å². The van der Waals surface area contributed by atoms with Gasteiger partial charge in [0.15, 0.2) is 11.5 Å². The van der Waals surface area contributed by atoms with Crippen LogP contribution in [0.25, 0.3) is 38.7 Å². The third-order valence-corrected chi connectivity index (χ3v) is 5.61. The van der Waals surface area contributed by atoms with Crippen LogP contribution >= 0.6 is 15.9 Å². The molecule has 1 aliphatic carbocycles. The Morgan fingerprint density at radius 2 is 2.10 bits per heavy atom. The number of anilines is 1. The quantitative estimate of drug-likeness (QED) is 0.203. The van der Waals surface area contributed by atoms with E-state index in [0.717, 1.165) is 45.4 Å². The first-order chi connectivity index (χ1) is 14.2. The lowest BCUT2D eigenvalue weighted by Gasteiger charge is -2.12. The number of halogens is 1. The number of pyridine rings is 2. The van der Waals surface area contributed by atoms with Crippen LogP contribution in [0.2, 0.25) is 0 Å². The van der Waals surface area contributed by atoms with Crippen LogP contribution in [0.5, 0.6) is 0 Å². The minimum absolute atomic E-state index is 0.107. The number of nitrogens with zero attached hydrogens (tertiary/aromatic N) is 7. The second-order valence-corrected chi connectivity index (χ2v) is 7.64. The first-order valence-corrected chi connectivity index (χ1v) is 9.88. The average Bonchev–Trinajstić information content (AvgIpc) is 3.29. The highest BCUT2D eigenvalue weighted by molar-refractivity contribution is 9.10. The summed E-state index contributed by atoms with van der Waals surface area (Å²) in [6.45, 7) is 0. The molecule has 8 nitrogen and oxygen atoms in total. The molecule has 0 bridgehead atoms. The van der Waals surface area contributed by atoms with Crippen LogP contribution < -0.4 is 5.73 Å². The van der Waals surface area contributed by atoms with Crippen LogP contribution in [0.15, 0.2) is 58.4 Å². The Morgan fingerprint density at radius 3 is 2.93 bits per heavy atom. The number of nitrogen functional groups attached to an aromatic ring is 1. The summed E-state index contributed by atoms with van der Waals surface area (Å²) in [6, 6.07) is 13.6. The van der Waals surface area contributed by atoms with Crippen molar-refractivity contribution >= 4 is 32.9 Å². The van der Waals surface area contributed by atoms with Crippen molar-refractivity contribution in [1.29, 1.82) is 0 Å². The molecule has 0 unspecified atom stereocenters. The van der Waals surface area contributed by atoms with E-state index in [-0.39, 0.29) is 6.04 Å². The molecule has 5 rings (SSSR count). The van der Waals surface area contributed by atoms with Crippen molar-refractivity contribution in [1.82, 2.24) is 19.5 Å². The number of benzene rings is 1. The standard InChI is InChI=1S/C20H15BrN8/c21-17-8-7-16-20(26-17)29(19(25-16)14-2-1-9-24-18(14)22)12-4-5-13-11(10-12)3-6-15(13)27-28-23/h1-2,4-5,7-10,15H,3,6H2,(H2,22,24)/t15-/m0/s1. The second kappa shape index (κ2) is 6.88. The molecule has 142 valence electrons. The number of hydrogen-bond acceptors (Lipinski definition) is 5. The fourth-order valence-electron chi connectivity index (χ4n) is 3.87. The van der Waals surface area contributed by atoms with Crippen LogP contribution in [0.3, 0.4) is 0 Å². The fraction of sp³-hybridized carbons (Fsp3) is 0.150. The average molecular weight is 447 g/mol. The summed E-state index contributed by atoms with van der Waals surface area (Å²) in [6.07, 6.45) is 3.34. The van der Waals surface area contributed by atoms with Gasteiger partial charge in [0.25, 0.3) is 0 Å². The van der Waals surface area contributed by atoms with Gasteiger partial charge in [-0.2, -0.15) is 0 Å². The van der Waals surface area contributed by atoms with Gasteiger partial charge in [0.05, 0.1) is 11.6 Å². The first-order valence-electron chi connectivity index (χ1n) is 9.09. The van der Waals surface area contributed by atoms with Crippen molar-refractivity contribution in [2.24, 2.45) is 5.11 Å². The Kier molecular flexibility index (Phi) is 4.19. The monoisotopic (exact) mass is 446 g/mol. The Balaban J connectivity index is 1.76. The van der Waals surface area contributed by atoms with Crippen molar-refractivity contribution in [2.45, 2.75) is 18.9 Å². The van der Waals surface area contributed by atoms with Crippen LogP contribution in [-0.4, -0.2) is 19.5 Å². The van der Waals surface area contributed by atoms with E-state index in [1.54, 1.807) is 6.20 Å². The topological polar surface area (TPSA) is 118 Å². The second-order valence-electron chi connectivity index (χ2n) is 6.83. The van der Waals surface area contributed by atoms with Gasteiger partial charge in [0, 0.05) is 16.8 Å². The van der Waals surface area contributed by atoms with E-state index in [0.29, 0.717) is 11.6 Å².